The van der Waals surface area contributed by atoms with Gasteiger partial charge in [0.05, 0.1) is 13.1 Å². The van der Waals surface area contributed by atoms with Gasteiger partial charge in [-0.25, -0.2) is 4.39 Å². The fraction of sp³-hybridized carbons (Fsp3) is 0.417. The van der Waals surface area contributed by atoms with Crippen molar-refractivity contribution in [1.29, 1.82) is 0 Å². The number of carbonyl (C=O) groups is 2. The summed E-state index contributed by atoms with van der Waals surface area (Å²) < 4.78 is 13.2. The van der Waals surface area contributed by atoms with E-state index in [4.69, 9.17) is 0 Å². The van der Waals surface area contributed by atoms with Crippen LogP contribution in [-0.2, 0) is 9.59 Å². The summed E-state index contributed by atoms with van der Waals surface area (Å²) >= 11 is 0. The molecule has 7 heteroatoms. The molecule has 3 rings (SSSR count). The number of rotatable bonds is 8. The molecule has 0 spiro atoms. The number of nitrogens with zero attached hydrogens (tertiary/aromatic N) is 2. The summed E-state index contributed by atoms with van der Waals surface area (Å²) in [5, 5.41) is 5.78. The van der Waals surface area contributed by atoms with Gasteiger partial charge in [0.1, 0.15) is 5.82 Å². The highest BCUT2D eigenvalue weighted by atomic mass is 19.1. The first-order chi connectivity index (χ1) is 14.9. The average Bonchev–Trinajstić information content (AvgIpc) is 2.75. The number of amides is 2. The number of para-hydroxylation sites is 1. The van der Waals surface area contributed by atoms with Gasteiger partial charge in [-0.3, -0.25) is 19.4 Å². The Hall–Kier alpha value is -2.77. The zero-order valence-corrected chi connectivity index (χ0v) is 18.2. The molecule has 6 nitrogen and oxygen atoms in total. The molecule has 2 aromatic rings. The van der Waals surface area contributed by atoms with Gasteiger partial charge in [0.2, 0.25) is 11.8 Å². The monoisotopic (exact) mass is 426 g/mol. The number of nitrogens with one attached hydrogen (secondary N) is 2. The van der Waals surface area contributed by atoms with E-state index in [0.29, 0.717) is 44.3 Å². The molecule has 0 radical (unpaired) electrons. The van der Waals surface area contributed by atoms with Crippen LogP contribution in [-0.4, -0.2) is 60.9 Å². The van der Waals surface area contributed by atoms with Gasteiger partial charge in [-0.2, -0.15) is 0 Å². The van der Waals surface area contributed by atoms with E-state index in [1.54, 1.807) is 12.1 Å². The second-order valence-corrected chi connectivity index (χ2v) is 8.06. The van der Waals surface area contributed by atoms with Gasteiger partial charge in [0.15, 0.2) is 0 Å². The second kappa shape index (κ2) is 11.0. The van der Waals surface area contributed by atoms with Crippen LogP contribution >= 0.6 is 0 Å². The van der Waals surface area contributed by atoms with Crippen molar-refractivity contribution in [3.8, 4) is 0 Å². The summed E-state index contributed by atoms with van der Waals surface area (Å²) in [6.07, 6.45) is 1.02. The third-order valence-electron chi connectivity index (χ3n) is 5.69. The smallest absolute Gasteiger partial charge is 0.238 e. The number of halogens is 1. The first kappa shape index (κ1) is 22.9. The molecule has 0 unspecified atom stereocenters. The largest absolute Gasteiger partial charge is 0.325 e. The van der Waals surface area contributed by atoms with E-state index >= 15 is 0 Å². The highest BCUT2D eigenvalue weighted by Gasteiger charge is 2.21. The van der Waals surface area contributed by atoms with Crippen molar-refractivity contribution in [2.75, 3.05) is 49.9 Å². The number of benzene rings is 2. The van der Waals surface area contributed by atoms with Crippen LogP contribution in [0.5, 0.6) is 0 Å². The van der Waals surface area contributed by atoms with E-state index in [1.165, 1.54) is 12.1 Å². The number of hydrogen-bond donors (Lipinski definition) is 2. The SMILES string of the molecule is CC[C@H](C)c1ccccc1NC(=O)CN1CCN(CC(=O)Nc2cccc(F)c2)CC1. The van der Waals surface area contributed by atoms with Crippen molar-refractivity contribution in [3.05, 3.63) is 59.9 Å². The quantitative estimate of drug-likeness (QED) is 0.678. The minimum atomic E-state index is -0.378. The van der Waals surface area contributed by atoms with Gasteiger partial charge in [0.25, 0.3) is 0 Å². The molecule has 1 atom stereocenters. The van der Waals surface area contributed by atoms with Crippen LogP contribution in [0.2, 0.25) is 0 Å². The Balaban J connectivity index is 1.43. The molecular formula is C24H31FN4O2. The van der Waals surface area contributed by atoms with Crippen molar-refractivity contribution in [3.63, 3.8) is 0 Å². The van der Waals surface area contributed by atoms with Gasteiger partial charge in [-0.15, -0.1) is 0 Å². The molecule has 1 fully saturated rings. The Morgan fingerprint density at radius 2 is 1.55 bits per heavy atom. The minimum absolute atomic E-state index is 0.0203. The van der Waals surface area contributed by atoms with Gasteiger partial charge < -0.3 is 10.6 Å². The van der Waals surface area contributed by atoms with E-state index in [0.717, 1.165) is 17.7 Å². The molecule has 1 heterocycles. The molecule has 0 saturated carbocycles. The fourth-order valence-electron chi connectivity index (χ4n) is 3.73. The summed E-state index contributed by atoms with van der Waals surface area (Å²) in [6, 6.07) is 13.8. The molecule has 1 saturated heterocycles. The average molecular weight is 427 g/mol. The molecule has 0 bridgehead atoms. The van der Waals surface area contributed by atoms with Gasteiger partial charge in [-0.1, -0.05) is 38.1 Å². The molecule has 166 valence electrons. The Morgan fingerprint density at radius 3 is 2.16 bits per heavy atom. The second-order valence-electron chi connectivity index (χ2n) is 8.06. The lowest BCUT2D eigenvalue weighted by molar-refractivity contribution is -0.120. The molecule has 2 N–H and O–H groups in total. The molecule has 0 aliphatic carbocycles. The van der Waals surface area contributed by atoms with E-state index in [2.05, 4.69) is 35.4 Å². The van der Waals surface area contributed by atoms with Crippen LogP contribution in [0, 0.1) is 5.82 Å². The topological polar surface area (TPSA) is 64.7 Å². The zero-order chi connectivity index (χ0) is 22.2. The maximum Gasteiger partial charge on any atom is 0.238 e. The number of piperazine rings is 1. The van der Waals surface area contributed by atoms with Crippen molar-refractivity contribution in [1.82, 2.24) is 9.80 Å². The van der Waals surface area contributed by atoms with E-state index < -0.39 is 0 Å². The lowest BCUT2D eigenvalue weighted by Gasteiger charge is -2.33. The molecule has 1 aliphatic rings. The Labute approximate surface area is 183 Å². The molecule has 0 aromatic heterocycles. The number of anilines is 2. The van der Waals surface area contributed by atoms with Crippen molar-refractivity contribution >= 4 is 23.2 Å². The van der Waals surface area contributed by atoms with Crippen molar-refractivity contribution in [2.24, 2.45) is 0 Å². The van der Waals surface area contributed by atoms with Crippen LogP contribution in [0.15, 0.2) is 48.5 Å². The Kier molecular flexibility index (Phi) is 8.14. The first-order valence-corrected chi connectivity index (χ1v) is 10.8. The number of hydrogen-bond acceptors (Lipinski definition) is 4. The van der Waals surface area contributed by atoms with Crippen molar-refractivity contribution in [2.45, 2.75) is 26.2 Å². The van der Waals surface area contributed by atoms with E-state index in [-0.39, 0.29) is 24.2 Å². The molecule has 31 heavy (non-hydrogen) atoms. The van der Waals surface area contributed by atoms with Crippen molar-refractivity contribution < 1.29 is 14.0 Å². The normalized spacial score (nSPS) is 16.0. The molecule has 1 aliphatic heterocycles. The maximum absolute atomic E-state index is 13.2. The molecule has 2 amide bonds. The highest BCUT2D eigenvalue weighted by Crippen LogP contribution is 2.26. The summed E-state index contributed by atoms with van der Waals surface area (Å²) in [6.45, 7) is 7.72. The first-order valence-electron chi connectivity index (χ1n) is 10.8. The molecular weight excluding hydrogens is 395 g/mol. The standard InChI is InChI=1S/C24H31FN4O2/c1-3-18(2)21-9-4-5-10-22(21)27-24(31)17-29-13-11-28(12-14-29)16-23(30)26-20-8-6-7-19(25)15-20/h4-10,15,18H,3,11-14,16-17H2,1-2H3,(H,26,30)(H,27,31)/t18-/m0/s1. The lowest BCUT2D eigenvalue weighted by Crippen LogP contribution is -2.50. The van der Waals surface area contributed by atoms with E-state index in [1.807, 2.05) is 23.1 Å². The zero-order valence-electron chi connectivity index (χ0n) is 18.2. The highest BCUT2D eigenvalue weighted by molar-refractivity contribution is 5.93. The fourth-order valence-corrected chi connectivity index (χ4v) is 3.73. The van der Waals surface area contributed by atoms with Gasteiger partial charge in [-0.05, 0) is 42.2 Å². The minimum Gasteiger partial charge on any atom is -0.325 e. The lowest BCUT2D eigenvalue weighted by atomic mass is 9.97. The predicted octanol–water partition coefficient (Wildman–Crippen LogP) is 3.53. The Morgan fingerprint density at radius 1 is 0.935 bits per heavy atom. The van der Waals surface area contributed by atoms with Gasteiger partial charge >= 0.3 is 0 Å². The van der Waals surface area contributed by atoms with Crippen LogP contribution in [0.4, 0.5) is 15.8 Å². The third kappa shape index (κ3) is 6.87. The van der Waals surface area contributed by atoms with Crippen LogP contribution in [0.1, 0.15) is 31.7 Å². The van der Waals surface area contributed by atoms with Gasteiger partial charge in [0, 0.05) is 37.6 Å². The van der Waals surface area contributed by atoms with E-state index in [9.17, 15) is 14.0 Å². The van der Waals surface area contributed by atoms with Crippen LogP contribution in [0.3, 0.4) is 0 Å². The van der Waals surface area contributed by atoms with Crippen LogP contribution in [0.25, 0.3) is 0 Å². The summed E-state index contributed by atoms with van der Waals surface area (Å²) in [5.74, 6) is -0.179. The molecule has 2 aromatic carbocycles. The summed E-state index contributed by atoms with van der Waals surface area (Å²) in [4.78, 5) is 28.9. The predicted molar refractivity (Wildman–Crippen MR) is 122 cm³/mol. The van der Waals surface area contributed by atoms with Crippen LogP contribution < -0.4 is 10.6 Å². The maximum atomic E-state index is 13.2. The Bertz CT molecular complexity index is 897. The number of carbonyl (C=O) groups excluding carboxylic acids is 2. The summed E-state index contributed by atoms with van der Waals surface area (Å²) in [7, 11) is 0. The third-order valence-corrected chi connectivity index (χ3v) is 5.69. The summed E-state index contributed by atoms with van der Waals surface area (Å²) in [5.41, 5.74) is 2.50.